The summed E-state index contributed by atoms with van der Waals surface area (Å²) < 4.78 is 0. The second kappa shape index (κ2) is 8.41. The molecule has 7 heteroatoms. The molecular weight excluding hydrogens is 372 g/mol. The van der Waals surface area contributed by atoms with Gasteiger partial charge in [-0.05, 0) is 38.9 Å². The van der Waals surface area contributed by atoms with Gasteiger partial charge in [-0.1, -0.05) is 27.7 Å². The molecule has 2 amide bonds. The lowest BCUT2D eigenvalue weighted by atomic mass is 9.90. The number of amides is 2. The quantitative estimate of drug-likeness (QED) is 0.786. The minimum Gasteiger partial charge on any atom is -0.379 e. The maximum Gasteiger partial charge on any atom is 0.257 e. The first kappa shape index (κ1) is 22.7. The smallest absolute Gasteiger partial charge is 0.257 e. The molecule has 1 aromatic heterocycles. The van der Waals surface area contributed by atoms with Crippen LogP contribution in [0.2, 0.25) is 0 Å². The minimum atomic E-state index is -0.809. The maximum atomic E-state index is 13.5. The van der Waals surface area contributed by atoms with Gasteiger partial charge in [-0.2, -0.15) is 0 Å². The Kier molecular flexibility index (Phi) is 6.82. The Bertz CT molecular complexity index is 722. The van der Waals surface area contributed by atoms with Gasteiger partial charge in [0.2, 0.25) is 5.91 Å². The molecule has 1 fully saturated rings. The van der Waals surface area contributed by atoms with Crippen LogP contribution in [0.1, 0.15) is 56.3 Å². The van der Waals surface area contributed by atoms with Crippen molar-refractivity contribution in [2.24, 2.45) is 0 Å². The number of likely N-dealkylation sites (N-methyl/N-ethyl adjacent to an activating group) is 1. The number of carbonyl (C=O) groups is 2. The fourth-order valence-corrected chi connectivity index (χ4v) is 4.54. The number of thiophene rings is 1. The van der Waals surface area contributed by atoms with Crippen molar-refractivity contribution in [1.82, 2.24) is 14.7 Å². The number of hydrogen-bond donors (Lipinski definition) is 1. The van der Waals surface area contributed by atoms with Crippen LogP contribution in [-0.2, 0) is 10.2 Å². The van der Waals surface area contributed by atoms with Crippen LogP contribution in [0.25, 0.3) is 0 Å². The average Bonchev–Trinajstić information content (AvgIpc) is 3.07. The summed E-state index contributed by atoms with van der Waals surface area (Å²) in [6.07, 6.45) is 0.598. The van der Waals surface area contributed by atoms with Crippen LogP contribution in [-0.4, -0.2) is 79.4 Å². The largest absolute Gasteiger partial charge is 0.379 e. The van der Waals surface area contributed by atoms with Crippen LogP contribution in [0, 0.1) is 0 Å². The van der Waals surface area contributed by atoms with Gasteiger partial charge in [0, 0.05) is 38.1 Å². The lowest BCUT2D eigenvalue weighted by Crippen LogP contribution is -2.66. The van der Waals surface area contributed by atoms with Crippen molar-refractivity contribution in [3.05, 3.63) is 16.5 Å². The van der Waals surface area contributed by atoms with Gasteiger partial charge in [0.25, 0.3) is 5.91 Å². The van der Waals surface area contributed by atoms with Gasteiger partial charge in [-0.3, -0.25) is 9.59 Å². The zero-order chi connectivity index (χ0) is 21.3. The molecule has 0 radical (unpaired) electrons. The zero-order valence-corrected chi connectivity index (χ0v) is 19.5. The summed E-state index contributed by atoms with van der Waals surface area (Å²) in [6.45, 7) is 13.0. The molecule has 1 atom stereocenters. The van der Waals surface area contributed by atoms with E-state index in [-0.39, 0.29) is 17.2 Å². The molecule has 1 aromatic rings. The molecule has 1 aliphatic rings. The molecule has 1 aliphatic heterocycles. The molecule has 1 N–H and O–H groups in total. The van der Waals surface area contributed by atoms with Crippen LogP contribution in [0.15, 0.2) is 6.07 Å². The molecule has 0 aromatic carbocycles. The van der Waals surface area contributed by atoms with E-state index in [0.29, 0.717) is 31.6 Å². The maximum absolute atomic E-state index is 13.5. The van der Waals surface area contributed by atoms with E-state index in [2.05, 4.69) is 31.0 Å². The molecule has 0 bridgehead atoms. The molecule has 0 saturated carbocycles. The molecule has 2 rings (SSSR count). The van der Waals surface area contributed by atoms with Gasteiger partial charge >= 0.3 is 0 Å². The number of nitrogens with one attached hydrogen (secondary N) is 1. The summed E-state index contributed by atoms with van der Waals surface area (Å²) in [5, 5.41) is 4.05. The van der Waals surface area contributed by atoms with Crippen LogP contribution in [0.3, 0.4) is 0 Å². The van der Waals surface area contributed by atoms with E-state index in [1.165, 1.54) is 0 Å². The first-order chi connectivity index (χ1) is 13.0. The highest BCUT2D eigenvalue weighted by Gasteiger charge is 2.47. The van der Waals surface area contributed by atoms with Crippen LogP contribution >= 0.6 is 11.3 Å². The van der Waals surface area contributed by atoms with Crippen molar-refractivity contribution in [3.8, 4) is 0 Å². The third kappa shape index (κ3) is 4.35. The predicted octanol–water partition coefficient (Wildman–Crippen LogP) is 3.10. The number of piperazine rings is 1. The summed E-state index contributed by atoms with van der Waals surface area (Å²) in [7, 11) is 5.86. The molecule has 0 aliphatic carbocycles. The van der Waals surface area contributed by atoms with E-state index in [4.69, 9.17) is 0 Å². The van der Waals surface area contributed by atoms with Crippen molar-refractivity contribution in [3.63, 3.8) is 0 Å². The van der Waals surface area contributed by atoms with E-state index in [9.17, 15) is 9.59 Å². The summed E-state index contributed by atoms with van der Waals surface area (Å²) >= 11 is 1.62. The highest BCUT2D eigenvalue weighted by atomic mass is 32.1. The Morgan fingerprint density at radius 3 is 2.46 bits per heavy atom. The number of hydrogen-bond acceptors (Lipinski definition) is 5. The molecule has 0 spiro atoms. The van der Waals surface area contributed by atoms with Gasteiger partial charge in [-0.15, -0.1) is 11.3 Å². The SMILES string of the molecule is CCC1(C)C(=O)N(CCN(C)C)CCN1C(=O)c1cc(C(C)(C)C)sc1NC. The Balaban J connectivity index is 2.33. The van der Waals surface area contributed by atoms with Crippen LogP contribution < -0.4 is 5.32 Å². The monoisotopic (exact) mass is 408 g/mol. The fraction of sp³-hybridized carbons (Fsp3) is 0.714. The Labute approximate surface area is 173 Å². The van der Waals surface area contributed by atoms with Gasteiger partial charge in [0.15, 0.2) is 0 Å². The van der Waals surface area contributed by atoms with E-state index in [0.717, 1.165) is 16.4 Å². The molecule has 2 heterocycles. The minimum absolute atomic E-state index is 0.0243. The molecule has 158 valence electrons. The average molecular weight is 409 g/mol. The van der Waals surface area contributed by atoms with E-state index < -0.39 is 5.54 Å². The van der Waals surface area contributed by atoms with Crippen molar-refractivity contribution in [2.45, 2.75) is 52.0 Å². The third-order valence-corrected chi connectivity index (χ3v) is 7.19. The number of nitrogens with zero attached hydrogens (tertiary/aromatic N) is 3. The number of carbonyl (C=O) groups excluding carboxylic acids is 2. The van der Waals surface area contributed by atoms with Crippen LogP contribution in [0.5, 0.6) is 0 Å². The normalized spacial score (nSPS) is 20.8. The molecule has 1 saturated heterocycles. The highest BCUT2D eigenvalue weighted by molar-refractivity contribution is 7.16. The lowest BCUT2D eigenvalue weighted by Gasteiger charge is -2.47. The Morgan fingerprint density at radius 2 is 1.96 bits per heavy atom. The van der Waals surface area contributed by atoms with Crippen molar-refractivity contribution in [2.75, 3.05) is 52.6 Å². The van der Waals surface area contributed by atoms with Gasteiger partial charge in [-0.25, -0.2) is 0 Å². The van der Waals surface area contributed by atoms with Gasteiger partial charge in [0.05, 0.1) is 5.56 Å². The molecular formula is C21H36N4O2S. The summed E-state index contributed by atoms with van der Waals surface area (Å²) in [6, 6.07) is 2.00. The highest BCUT2D eigenvalue weighted by Crippen LogP contribution is 2.38. The Hall–Kier alpha value is -1.60. The standard InChI is InChI=1S/C21H36N4O2S/c1-9-21(5)19(27)24(11-10-23(7)8)12-13-25(21)18(26)15-14-16(20(2,3)4)28-17(15)22-6/h14,22H,9-13H2,1-8H3. The zero-order valence-electron chi connectivity index (χ0n) is 18.7. The second-order valence-corrected chi connectivity index (χ2v) is 10.1. The first-order valence-electron chi connectivity index (χ1n) is 10.0. The van der Waals surface area contributed by atoms with E-state index in [1.807, 2.05) is 46.0 Å². The fourth-order valence-electron chi connectivity index (χ4n) is 3.48. The van der Waals surface area contributed by atoms with E-state index in [1.54, 1.807) is 16.2 Å². The second-order valence-electron chi connectivity index (χ2n) is 9.03. The first-order valence-corrected chi connectivity index (χ1v) is 10.9. The van der Waals surface area contributed by atoms with E-state index >= 15 is 0 Å². The Morgan fingerprint density at radius 1 is 1.32 bits per heavy atom. The van der Waals surface area contributed by atoms with Gasteiger partial charge in [0.1, 0.15) is 10.5 Å². The van der Waals surface area contributed by atoms with Crippen LogP contribution in [0.4, 0.5) is 5.00 Å². The van der Waals surface area contributed by atoms with Crippen molar-refractivity contribution >= 4 is 28.2 Å². The predicted molar refractivity (Wildman–Crippen MR) is 117 cm³/mol. The number of rotatable bonds is 6. The summed E-state index contributed by atoms with van der Waals surface area (Å²) in [5.74, 6) is -0.00482. The molecule has 6 nitrogen and oxygen atoms in total. The number of anilines is 1. The lowest BCUT2D eigenvalue weighted by molar-refractivity contribution is -0.148. The summed E-state index contributed by atoms with van der Waals surface area (Å²) in [4.78, 5) is 33.7. The molecule has 28 heavy (non-hydrogen) atoms. The van der Waals surface area contributed by atoms with Crippen molar-refractivity contribution < 1.29 is 9.59 Å². The summed E-state index contributed by atoms with van der Waals surface area (Å²) in [5.41, 5.74) is -0.160. The molecule has 1 unspecified atom stereocenters. The van der Waals surface area contributed by atoms with Gasteiger partial charge < -0.3 is 20.0 Å². The van der Waals surface area contributed by atoms with Crippen molar-refractivity contribution in [1.29, 1.82) is 0 Å². The topological polar surface area (TPSA) is 55.9 Å². The third-order valence-electron chi connectivity index (χ3n) is 5.62.